The van der Waals surface area contributed by atoms with Crippen molar-refractivity contribution in [1.29, 1.82) is 0 Å². The van der Waals surface area contributed by atoms with Crippen LogP contribution in [0.1, 0.15) is 61.6 Å². The molecule has 0 saturated carbocycles. The Balaban J connectivity index is 1.56. The predicted octanol–water partition coefficient (Wildman–Crippen LogP) is 7.81. The molecule has 0 aliphatic rings. The molecule has 4 rings (SSSR count). The second-order valence-corrected chi connectivity index (χ2v) is 13.3. The number of nitro benzene ring substituents is 1. The third-order valence-corrected chi connectivity index (χ3v) is 9.35. The van der Waals surface area contributed by atoms with Crippen LogP contribution in [0.2, 0.25) is 0 Å². The van der Waals surface area contributed by atoms with E-state index in [9.17, 15) is 18.5 Å². The first-order valence-corrected chi connectivity index (χ1v) is 15.2. The largest absolute Gasteiger partial charge is 0.269 e. The zero-order valence-corrected chi connectivity index (χ0v) is 25.0. The number of nitro groups is 1. The van der Waals surface area contributed by atoms with Crippen molar-refractivity contribution in [3.8, 4) is 23.7 Å². The number of hydrogen-bond donors (Lipinski definition) is 0. The lowest BCUT2D eigenvalue weighted by molar-refractivity contribution is -0.384. The molecule has 0 aromatic heterocycles. The van der Waals surface area contributed by atoms with Crippen molar-refractivity contribution in [2.24, 2.45) is 0 Å². The van der Waals surface area contributed by atoms with Gasteiger partial charge in [0.15, 0.2) is 9.84 Å². The lowest BCUT2D eigenvalue weighted by Crippen LogP contribution is -2.18. The Bertz CT molecular complexity index is 1770. The highest BCUT2D eigenvalue weighted by atomic mass is 32.2. The normalized spacial score (nSPS) is 12.3. The highest BCUT2D eigenvalue weighted by Crippen LogP contribution is 2.33. The van der Waals surface area contributed by atoms with Crippen LogP contribution in [0.4, 0.5) is 5.69 Å². The van der Waals surface area contributed by atoms with Crippen LogP contribution in [0.3, 0.4) is 0 Å². The molecule has 0 N–H and O–H groups in total. The molecule has 0 aliphatic heterocycles. The van der Waals surface area contributed by atoms with Crippen molar-refractivity contribution in [2.45, 2.75) is 55.1 Å². The lowest BCUT2D eigenvalue weighted by Gasteiger charge is -2.22. The Morgan fingerprint density at radius 1 is 0.714 bits per heavy atom. The van der Waals surface area contributed by atoms with E-state index in [4.69, 9.17) is 0 Å². The Morgan fingerprint density at radius 2 is 1.21 bits per heavy atom. The van der Waals surface area contributed by atoms with E-state index in [0.717, 1.165) is 11.1 Å². The average Bonchev–Trinajstić information content (AvgIpc) is 2.99. The molecule has 0 radical (unpaired) electrons. The van der Waals surface area contributed by atoms with Crippen molar-refractivity contribution in [2.75, 3.05) is 0 Å². The van der Waals surface area contributed by atoms with Crippen LogP contribution in [0.15, 0.2) is 114 Å². The molecular formula is C36H33NO4S. The topological polar surface area (TPSA) is 77.3 Å². The first-order valence-electron chi connectivity index (χ1n) is 13.6. The fourth-order valence-corrected chi connectivity index (χ4v) is 6.20. The zero-order chi connectivity index (χ0) is 30.4. The van der Waals surface area contributed by atoms with E-state index in [-0.39, 0.29) is 27.8 Å². The zero-order valence-electron chi connectivity index (χ0n) is 24.2. The van der Waals surface area contributed by atoms with E-state index >= 15 is 0 Å². The molecule has 6 heteroatoms. The van der Waals surface area contributed by atoms with Crippen molar-refractivity contribution < 1.29 is 13.3 Å². The first-order chi connectivity index (χ1) is 19.9. The molecule has 5 nitrogen and oxygen atoms in total. The second-order valence-electron chi connectivity index (χ2n) is 11.1. The van der Waals surface area contributed by atoms with E-state index in [1.54, 1.807) is 30.3 Å². The van der Waals surface area contributed by atoms with Gasteiger partial charge in [-0.2, -0.15) is 0 Å². The summed E-state index contributed by atoms with van der Waals surface area (Å²) in [5, 5.41) is 10.1. The molecular weight excluding hydrogens is 542 g/mol. The molecule has 0 aliphatic carbocycles. The SMILES string of the molecule is CC(C)(C#CC(C)(C)c1ccc(C#CCC(c2ccc([N+](=O)[O-])cc2)S(=O)(=O)c2ccccc2)cc1)c1ccccc1. The van der Waals surface area contributed by atoms with Gasteiger partial charge in [0.05, 0.1) is 20.6 Å². The van der Waals surface area contributed by atoms with Gasteiger partial charge in [-0.15, -0.1) is 0 Å². The van der Waals surface area contributed by atoms with Gasteiger partial charge in [-0.1, -0.05) is 96.5 Å². The fraction of sp³-hybridized carbons (Fsp3) is 0.222. The predicted molar refractivity (Wildman–Crippen MR) is 168 cm³/mol. The summed E-state index contributed by atoms with van der Waals surface area (Å²) >= 11 is 0. The van der Waals surface area contributed by atoms with Gasteiger partial charge in [0.1, 0.15) is 5.25 Å². The van der Waals surface area contributed by atoms with E-state index in [1.807, 2.05) is 42.5 Å². The van der Waals surface area contributed by atoms with Crippen LogP contribution in [0, 0.1) is 33.8 Å². The Kier molecular flexibility index (Phi) is 9.00. The van der Waals surface area contributed by atoms with E-state index < -0.39 is 20.0 Å². The minimum atomic E-state index is -3.79. The summed E-state index contributed by atoms with van der Waals surface area (Å²) in [5.74, 6) is 13.1. The standard InChI is InChI=1S/C36H33NO4S/c1-35(2,30-13-7-5-8-14-30)26-27-36(3,4)31-22-18-28(19-23-31)12-11-17-34(29-20-24-32(25-21-29)37(38)39)42(40,41)33-15-9-6-10-16-33/h5-10,13-16,18-25,34H,17H2,1-4H3. The molecule has 1 unspecified atom stereocenters. The second kappa shape index (κ2) is 12.5. The van der Waals surface area contributed by atoms with Gasteiger partial charge in [-0.25, -0.2) is 8.42 Å². The number of rotatable bonds is 7. The molecule has 1 atom stereocenters. The van der Waals surface area contributed by atoms with Gasteiger partial charge in [0.2, 0.25) is 0 Å². The van der Waals surface area contributed by atoms with E-state index in [2.05, 4.69) is 63.5 Å². The van der Waals surface area contributed by atoms with Crippen molar-refractivity contribution in [3.05, 3.63) is 142 Å². The third kappa shape index (κ3) is 7.16. The number of non-ortho nitro benzene ring substituents is 1. The van der Waals surface area contributed by atoms with Gasteiger partial charge in [0, 0.05) is 24.1 Å². The van der Waals surface area contributed by atoms with Gasteiger partial charge in [-0.05, 0) is 68.7 Å². The number of sulfone groups is 1. The summed E-state index contributed by atoms with van der Waals surface area (Å²) < 4.78 is 27.1. The third-order valence-electron chi connectivity index (χ3n) is 7.23. The van der Waals surface area contributed by atoms with Crippen molar-refractivity contribution in [3.63, 3.8) is 0 Å². The van der Waals surface area contributed by atoms with E-state index in [1.165, 1.54) is 29.8 Å². The highest BCUT2D eigenvalue weighted by Gasteiger charge is 2.29. The molecule has 0 saturated heterocycles. The highest BCUT2D eigenvalue weighted by molar-refractivity contribution is 7.91. The minimum absolute atomic E-state index is 0.0301. The number of nitrogens with zero attached hydrogens (tertiary/aromatic N) is 1. The van der Waals surface area contributed by atoms with Gasteiger partial charge in [0.25, 0.3) is 5.69 Å². The van der Waals surface area contributed by atoms with Crippen molar-refractivity contribution >= 4 is 15.5 Å². The number of hydrogen-bond acceptors (Lipinski definition) is 4. The quantitative estimate of drug-likeness (QED) is 0.128. The Labute approximate surface area is 248 Å². The summed E-state index contributed by atoms with van der Waals surface area (Å²) in [6.07, 6.45) is 0.0301. The van der Waals surface area contributed by atoms with Gasteiger partial charge >= 0.3 is 0 Å². The molecule has 4 aromatic carbocycles. The van der Waals surface area contributed by atoms with Crippen LogP contribution in [0.25, 0.3) is 0 Å². The molecule has 4 aromatic rings. The van der Waals surface area contributed by atoms with Gasteiger partial charge < -0.3 is 0 Å². The Morgan fingerprint density at radius 3 is 1.74 bits per heavy atom. The minimum Gasteiger partial charge on any atom is -0.258 e. The first kappa shape index (κ1) is 30.3. The maximum atomic E-state index is 13.6. The maximum Gasteiger partial charge on any atom is 0.269 e. The van der Waals surface area contributed by atoms with Gasteiger partial charge in [-0.3, -0.25) is 10.1 Å². The smallest absolute Gasteiger partial charge is 0.258 e. The molecule has 0 bridgehead atoms. The fourth-order valence-electron chi connectivity index (χ4n) is 4.52. The lowest BCUT2D eigenvalue weighted by atomic mass is 9.80. The van der Waals surface area contributed by atoms with Crippen LogP contribution < -0.4 is 0 Å². The van der Waals surface area contributed by atoms with Crippen LogP contribution in [0.5, 0.6) is 0 Å². The Hall–Kier alpha value is -4.65. The maximum absolute atomic E-state index is 13.6. The van der Waals surface area contributed by atoms with Crippen LogP contribution in [-0.2, 0) is 20.7 Å². The summed E-state index contributed by atoms with van der Waals surface area (Å²) in [4.78, 5) is 10.8. The monoisotopic (exact) mass is 575 g/mol. The van der Waals surface area contributed by atoms with Crippen LogP contribution >= 0.6 is 0 Å². The average molecular weight is 576 g/mol. The summed E-state index contributed by atoms with van der Waals surface area (Å²) in [6, 6.07) is 31.9. The summed E-state index contributed by atoms with van der Waals surface area (Å²) in [6.45, 7) is 8.41. The molecule has 0 heterocycles. The van der Waals surface area contributed by atoms with E-state index in [0.29, 0.717) is 5.56 Å². The molecule has 42 heavy (non-hydrogen) atoms. The molecule has 212 valence electrons. The summed E-state index contributed by atoms with van der Waals surface area (Å²) in [7, 11) is -3.79. The molecule has 0 spiro atoms. The number of benzene rings is 4. The van der Waals surface area contributed by atoms with Crippen molar-refractivity contribution in [1.82, 2.24) is 0 Å². The van der Waals surface area contributed by atoms with Crippen LogP contribution in [-0.4, -0.2) is 13.3 Å². The summed E-state index contributed by atoms with van der Waals surface area (Å²) in [5.41, 5.74) is 2.66. The molecule has 0 amide bonds. The molecule has 0 fully saturated rings.